The van der Waals surface area contributed by atoms with Gasteiger partial charge in [0.2, 0.25) is 5.88 Å². The van der Waals surface area contributed by atoms with Crippen LogP contribution in [0.2, 0.25) is 0 Å². The van der Waals surface area contributed by atoms with Crippen molar-refractivity contribution in [3.05, 3.63) is 69.6 Å². The van der Waals surface area contributed by atoms with Gasteiger partial charge in [-0.3, -0.25) is 9.59 Å². The molecule has 2 aromatic heterocycles. The molecule has 3 heterocycles. The highest BCUT2D eigenvalue weighted by Crippen LogP contribution is 2.47. The predicted octanol–water partition coefficient (Wildman–Crippen LogP) is 1.46. The number of rotatable bonds is 8. The number of fused-ring (bicyclic) bond motifs is 1. The quantitative estimate of drug-likeness (QED) is 0.482. The summed E-state index contributed by atoms with van der Waals surface area (Å²) in [5.41, 5.74) is 1.12. The Hall–Kier alpha value is -3.75. The van der Waals surface area contributed by atoms with Gasteiger partial charge in [-0.15, -0.1) is 0 Å². The number of nitrogens with zero attached hydrogens (tertiary/aromatic N) is 3. The Morgan fingerprint density at radius 2 is 2.00 bits per heavy atom. The first kappa shape index (κ1) is 24.0. The molecule has 186 valence electrons. The van der Waals surface area contributed by atoms with Gasteiger partial charge in [-0.2, -0.15) is 5.26 Å². The number of aryl methyl sites for hydroxylation is 1. The van der Waals surface area contributed by atoms with Gasteiger partial charge in [-0.1, -0.05) is 12.1 Å². The molecule has 1 saturated heterocycles. The molecule has 1 aromatic carbocycles. The van der Waals surface area contributed by atoms with Gasteiger partial charge in [0.1, 0.15) is 27.7 Å². The van der Waals surface area contributed by atoms with Gasteiger partial charge in [-0.25, -0.2) is 13.4 Å². The number of aromatic nitrogens is 2. The topological polar surface area (TPSA) is 140 Å². The fraction of sp³-hybridized carbons (Fsp3) is 0.360. The zero-order chi connectivity index (χ0) is 25.5. The monoisotopic (exact) mass is 508 g/mol. The van der Waals surface area contributed by atoms with Gasteiger partial charge >= 0.3 is 0 Å². The van der Waals surface area contributed by atoms with Gasteiger partial charge in [0, 0.05) is 25.2 Å². The number of ether oxygens (including phenoxy) is 2. The van der Waals surface area contributed by atoms with E-state index >= 15 is 0 Å². The minimum atomic E-state index is -3.40. The van der Waals surface area contributed by atoms with Crippen molar-refractivity contribution in [2.45, 2.75) is 29.4 Å². The normalized spacial score (nSPS) is 16.7. The molecule has 5 rings (SSSR count). The second-order valence-electron chi connectivity index (χ2n) is 9.14. The Labute approximate surface area is 207 Å². The lowest BCUT2D eigenvalue weighted by Gasteiger charge is -2.30. The van der Waals surface area contributed by atoms with Crippen LogP contribution in [0.5, 0.6) is 5.88 Å². The third-order valence-electron chi connectivity index (χ3n) is 6.80. The first-order valence-corrected chi connectivity index (χ1v) is 13.0. The summed E-state index contributed by atoms with van der Waals surface area (Å²) in [5, 5.41) is 11.7. The van der Waals surface area contributed by atoms with Crippen molar-refractivity contribution in [2.75, 3.05) is 19.8 Å². The molecule has 3 aromatic rings. The molecule has 36 heavy (non-hydrogen) atoms. The van der Waals surface area contributed by atoms with E-state index in [0.717, 1.165) is 5.56 Å². The number of hydrogen-bond donors (Lipinski definition) is 1. The van der Waals surface area contributed by atoms with Gasteiger partial charge in [-0.05, 0) is 42.7 Å². The standard InChI is InChI=1S/C25H24N4O6S/c1-29-21-18(10-20(24(29)31)22(30)28-12-17-4-2-16(11-26)3-5-17)6-9-27-23(21)35-15-25(7-8-25)36(32,33)19-13-34-14-19/h2-6,9-10,19H,7-8,12-15H2,1H3,(H,28,30). The lowest BCUT2D eigenvalue weighted by molar-refractivity contribution is 0.0408. The van der Waals surface area contributed by atoms with E-state index in [1.807, 2.05) is 6.07 Å². The molecule has 1 saturated carbocycles. The SMILES string of the molecule is Cn1c(=O)c(C(=O)NCc2ccc(C#N)cc2)cc2ccnc(OCC3(S(=O)(=O)C4COC4)CC3)c21. The lowest BCUT2D eigenvalue weighted by atomic mass is 10.1. The molecule has 1 aliphatic heterocycles. The molecule has 1 N–H and O–H groups in total. The molecule has 2 aliphatic rings. The molecule has 11 heteroatoms. The summed E-state index contributed by atoms with van der Waals surface area (Å²) in [6.45, 7) is 0.556. The minimum Gasteiger partial charge on any atom is -0.474 e. The van der Waals surface area contributed by atoms with Gasteiger partial charge in [0.25, 0.3) is 11.5 Å². The second kappa shape index (κ2) is 9.04. The van der Waals surface area contributed by atoms with Gasteiger partial charge < -0.3 is 19.4 Å². The molecule has 0 spiro atoms. The van der Waals surface area contributed by atoms with Crippen molar-refractivity contribution in [3.8, 4) is 11.9 Å². The number of hydrogen-bond acceptors (Lipinski definition) is 8. The predicted molar refractivity (Wildman–Crippen MR) is 130 cm³/mol. The summed E-state index contributed by atoms with van der Waals surface area (Å²) in [7, 11) is -1.88. The van der Waals surface area contributed by atoms with E-state index < -0.39 is 31.3 Å². The highest BCUT2D eigenvalue weighted by atomic mass is 32.2. The Morgan fingerprint density at radius 3 is 2.61 bits per heavy atom. The molecule has 0 radical (unpaired) electrons. The first-order chi connectivity index (χ1) is 17.3. The number of sulfone groups is 1. The van der Waals surface area contributed by atoms with Gasteiger partial charge in [0.05, 0.1) is 24.8 Å². The Kier molecular flexibility index (Phi) is 6.02. The zero-order valence-electron chi connectivity index (χ0n) is 19.6. The fourth-order valence-corrected chi connectivity index (χ4v) is 6.39. The van der Waals surface area contributed by atoms with Crippen LogP contribution in [0.15, 0.2) is 47.4 Å². The second-order valence-corrected chi connectivity index (χ2v) is 11.8. The Balaban J connectivity index is 1.36. The molecule has 0 unspecified atom stereocenters. The van der Waals surface area contributed by atoms with Crippen molar-refractivity contribution in [3.63, 3.8) is 0 Å². The van der Waals surface area contributed by atoms with Crippen LogP contribution in [-0.2, 0) is 28.2 Å². The Morgan fingerprint density at radius 1 is 1.28 bits per heavy atom. The summed E-state index contributed by atoms with van der Waals surface area (Å²) < 4.78 is 37.2. The highest BCUT2D eigenvalue weighted by Gasteiger charge is 2.59. The first-order valence-electron chi connectivity index (χ1n) is 11.5. The number of carbonyl (C=O) groups is 1. The number of carbonyl (C=O) groups excluding carboxylic acids is 1. The minimum absolute atomic E-state index is 0.0398. The summed E-state index contributed by atoms with van der Waals surface area (Å²) in [4.78, 5) is 30.1. The van der Waals surface area contributed by atoms with E-state index in [4.69, 9.17) is 14.7 Å². The van der Waals surface area contributed by atoms with E-state index in [-0.39, 0.29) is 37.8 Å². The molecule has 2 fully saturated rings. The van der Waals surface area contributed by atoms with E-state index in [1.54, 1.807) is 30.3 Å². The summed E-state index contributed by atoms with van der Waals surface area (Å²) in [6, 6.07) is 12.0. The maximum absolute atomic E-state index is 13.1. The van der Waals surface area contributed by atoms with Crippen LogP contribution < -0.4 is 15.6 Å². The largest absolute Gasteiger partial charge is 0.474 e. The van der Waals surface area contributed by atoms with Crippen molar-refractivity contribution in [2.24, 2.45) is 7.05 Å². The lowest BCUT2D eigenvalue weighted by Crippen LogP contribution is -2.48. The maximum Gasteiger partial charge on any atom is 0.263 e. The van der Waals surface area contributed by atoms with E-state index in [0.29, 0.717) is 29.3 Å². The van der Waals surface area contributed by atoms with Crippen LogP contribution in [-0.4, -0.2) is 53.7 Å². The van der Waals surface area contributed by atoms with Gasteiger partial charge in [0.15, 0.2) is 9.84 Å². The molecule has 0 bridgehead atoms. The van der Waals surface area contributed by atoms with Crippen molar-refractivity contribution < 1.29 is 22.7 Å². The van der Waals surface area contributed by atoms with Crippen LogP contribution in [0.4, 0.5) is 0 Å². The highest BCUT2D eigenvalue weighted by molar-refractivity contribution is 7.93. The molecule has 1 aliphatic carbocycles. The van der Waals surface area contributed by atoms with Crippen LogP contribution in [0.1, 0.15) is 34.3 Å². The summed E-state index contributed by atoms with van der Waals surface area (Å²) in [5.74, 6) is -0.394. The molecule has 1 amide bonds. The van der Waals surface area contributed by atoms with Crippen molar-refractivity contribution >= 4 is 26.6 Å². The zero-order valence-corrected chi connectivity index (χ0v) is 20.4. The molecular weight excluding hydrogens is 484 g/mol. The fourth-order valence-electron chi connectivity index (χ4n) is 4.24. The number of pyridine rings is 2. The summed E-state index contributed by atoms with van der Waals surface area (Å²) >= 11 is 0. The van der Waals surface area contributed by atoms with E-state index in [2.05, 4.69) is 10.3 Å². The van der Waals surface area contributed by atoms with Crippen LogP contribution in [0, 0.1) is 11.3 Å². The Bertz CT molecular complexity index is 1550. The van der Waals surface area contributed by atoms with Crippen LogP contribution in [0.25, 0.3) is 10.9 Å². The number of nitrogens with one attached hydrogen (secondary N) is 1. The molecule has 0 atom stereocenters. The van der Waals surface area contributed by atoms with Crippen molar-refractivity contribution in [1.29, 1.82) is 5.26 Å². The third kappa shape index (κ3) is 4.12. The van der Waals surface area contributed by atoms with E-state index in [9.17, 15) is 18.0 Å². The van der Waals surface area contributed by atoms with Crippen LogP contribution >= 0.6 is 0 Å². The molecule has 10 nitrogen and oxygen atoms in total. The van der Waals surface area contributed by atoms with Crippen molar-refractivity contribution in [1.82, 2.24) is 14.9 Å². The van der Waals surface area contributed by atoms with Crippen LogP contribution in [0.3, 0.4) is 0 Å². The number of amides is 1. The number of nitriles is 1. The third-order valence-corrected chi connectivity index (χ3v) is 9.69. The van der Waals surface area contributed by atoms with E-state index in [1.165, 1.54) is 23.9 Å². The molecular formula is C25H24N4O6S. The summed E-state index contributed by atoms with van der Waals surface area (Å²) in [6.07, 6.45) is 2.52. The average molecular weight is 509 g/mol. The smallest absolute Gasteiger partial charge is 0.263 e. The maximum atomic E-state index is 13.1. The average Bonchev–Trinajstić information content (AvgIpc) is 3.64. The number of benzene rings is 1.